The molecule has 0 spiro atoms. The molecule has 2 fully saturated rings. The van der Waals surface area contributed by atoms with Crippen LogP contribution in [0.15, 0.2) is 24.3 Å². The monoisotopic (exact) mass is 272 g/mol. The molecule has 1 aromatic rings. The van der Waals surface area contributed by atoms with Gasteiger partial charge in [-0.3, -0.25) is 4.79 Å². The minimum atomic E-state index is 0.0501. The van der Waals surface area contributed by atoms with Crippen LogP contribution in [-0.2, 0) is 11.3 Å². The second-order valence-corrected chi connectivity index (χ2v) is 6.19. The molecule has 2 aliphatic rings. The van der Waals surface area contributed by atoms with Crippen molar-refractivity contribution >= 4 is 5.91 Å². The predicted molar refractivity (Wildman–Crippen MR) is 80.4 cm³/mol. The Morgan fingerprint density at radius 3 is 2.80 bits per heavy atom. The summed E-state index contributed by atoms with van der Waals surface area (Å²) in [5, 5.41) is 3.39. The van der Waals surface area contributed by atoms with Gasteiger partial charge in [0.1, 0.15) is 0 Å². The van der Waals surface area contributed by atoms with Crippen molar-refractivity contribution in [3.63, 3.8) is 0 Å². The van der Waals surface area contributed by atoms with Gasteiger partial charge in [0, 0.05) is 12.6 Å². The maximum atomic E-state index is 12.7. The van der Waals surface area contributed by atoms with Crippen molar-refractivity contribution < 1.29 is 4.79 Å². The van der Waals surface area contributed by atoms with Crippen molar-refractivity contribution in [2.24, 2.45) is 0 Å². The SMILES string of the molecule is Cc1cccc(CN(C(=O)[C@@H]2CCCCN2)C2CC2)c1. The zero-order chi connectivity index (χ0) is 13.9. The standard InChI is InChI=1S/C17H24N2O/c1-13-5-4-6-14(11-13)12-19(15-8-9-15)17(20)16-7-2-3-10-18-16/h4-6,11,15-16,18H,2-3,7-10,12H2,1H3/t16-/m0/s1. The molecule has 1 aromatic carbocycles. The fourth-order valence-corrected chi connectivity index (χ4v) is 3.04. The van der Waals surface area contributed by atoms with Crippen molar-refractivity contribution in [2.45, 2.75) is 57.7 Å². The summed E-state index contributed by atoms with van der Waals surface area (Å²) in [5.41, 5.74) is 2.52. The van der Waals surface area contributed by atoms with Gasteiger partial charge < -0.3 is 10.2 Å². The number of piperidine rings is 1. The predicted octanol–water partition coefficient (Wildman–Crippen LogP) is 2.63. The van der Waals surface area contributed by atoms with Crippen LogP contribution in [0.1, 0.15) is 43.2 Å². The van der Waals surface area contributed by atoms with Crippen LogP contribution in [0.5, 0.6) is 0 Å². The highest BCUT2D eigenvalue weighted by Gasteiger charge is 2.36. The zero-order valence-corrected chi connectivity index (χ0v) is 12.3. The van der Waals surface area contributed by atoms with E-state index in [9.17, 15) is 4.79 Å². The minimum absolute atomic E-state index is 0.0501. The summed E-state index contributed by atoms with van der Waals surface area (Å²) in [6.45, 7) is 3.86. The van der Waals surface area contributed by atoms with Gasteiger partial charge in [-0.2, -0.15) is 0 Å². The topological polar surface area (TPSA) is 32.3 Å². The number of hydrogen-bond acceptors (Lipinski definition) is 2. The van der Waals surface area contributed by atoms with Crippen LogP contribution in [-0.4, -0.2) is 29.4 Å². The molecule has 108 valence electrons. The summed E-state index contributed by atoms with van der Waals surface area (Å²) in [6, 6.07) is 9.04. The number of amides is 1. The van der Waals surface area contributed by atoms with Crippen molar-refractivity contribution in [3.8, 4) is 0 Å². The van der Waals surface area contributed by atoms with Crippen LogP contribution in [0.25, 0.3) is 0 Å². The Morgan fingerprint density at radius 2 is 2.15 bits per heavy atom. The van der Waals surface area contributed by atoms with Gasteiger partial charge in [0.25, 0.3) is 0 Å². The van der Waals surface area contributed by atoms with Gasteiger partial charge in [0.05, 0.1) is 6.04 Å². The molecule has 20 heavy (non-hydrogen) atoms. The third kappa shape index (κ3) is 3.21. The van der Waals surface area contributed by atoms with Crippen LogP contribution < -0.4 is 5.32 Å². The molecular weight excluding hydrogens is 248 g/mol. The number of carbonyl (C=O) groups is 1. The Balaban J connectivity index is 1.70. The maximum absolute atomic E-state index is 12.7. The summed E-state index contributed by atoms with van der Waals surface area (Å²) in [4.78, 5) is 14.8. The van der Waals surface area contributed by atoms with E-state index in [0.717, 1.165) is 19.5 Å². The number of aryl methyl sites for hydroxylation is 1. The van der Waals surface area contributed by atoms with Crippen LogP contribution in [0, 0.1) is 6.92 Å². The Morgan fingerprint density at radius 1 is 1.30 bits per heavy atom. The molecule has 1 amide bonds. The van der Waals surface area contributed by atoms with E-state index >= 15 is 0 Å². The fraction of sp³-hybridized carbons (Fsp3) is 0.588. The molecule has 0 radical (unpaired) electrons. The third-order valence-electron chi connectivity index (χ3n) is 4.31. The fourth-order valence-electron chi connectivity index (χ4n) is 3.04. The molecule has 0 bridgehead atoms. The minimum Gasteiger partial charge on any atom is -0.334 e. The van der Waals surface area contributed by atoms with Crippen molar-refractivity contribution in [1.29, 1.82) is 0 Å². The summed E-state index contributed by atoms with van der Waals surface area (Å²) >= 11 is 0. The number of rotatable bonds is 4. The summed E-state index contributed by atoms with van der Waals surface area (Å²) < 4.78 is 0. The molecular formula is C17H24N2O. The van der Waals surface area contributed by atoms with E-state index in [1.165, 1.54) is 36.8 Å². The molecule has 1 heterocycles. The molecule has 1 atom stereocenters. The van der Waals surface area contributed by atoms with Gasteiger partial charge in [-0.05, 0) is 44.7 Å². The lowest BCUT2D eigenvalue weighted by molar-refractivity contribution is -0.135. The van der Waals surface area contributed by atoms with Gasteiger partial charge in [0.2, 0.25) is 5.91 Å². The molecule has 3 nitrogen and oxygen atoms in total. The first kappa shape index (κ1) is 13.6. The van der Waals surface area contributed by atoms with E-state index in [4.69, 9.17) is 0 Å². The van der Waals surface area contributed by atoms with E-state index < -0.39 is 0 Å². The van der Waals surface area contributed by atoms with Gasteiger partial charge >= 0.3 is 0 Å². The maximum Gasteiger partial charge on any atom is 0.240 e. The Bertz CT molecular complexity index is 476. The zero-order valence-electron chi connectivity index (χ0n) is 12.3. The van der Waals surface area contributed by atoms with E-state index in [2.05, 4.69) is 41.4 Å². The average molecular weight is 272 g/mol. The highest BCUT2D eigenvalue weighted by Crippen LogP contribution is 2.29. The Labute approximate surface area is 121 Å². The van der Waals surface area contributed by atoms with Crippen molar-refractivity contribution in [2.75, 3.05) is 6.54 Å². The number of nitrogens with zero attached hydrogens (tertiary/aromatic N) is 1. The largest absolute Gasteiger partial charge is 0.334 e. The van der Waals surface area contributed by atoms with E-state index in [1.807, 2.05) is 0 Å². The molecule has 3 heteroatoms. The number of benzene rings is 1. The molecule has 3 rings (SSSR count). The highest BCUT2D eigenvalue weighted by molar-refractivity contribution is 5.82. The van der Waals surface area contributed by atoms with Gasteiger partial charge in [-0.15, -0.1) is 0 Å². The smallest absolute Gasteiger partial charge is 0.240 e. The molecule has 1 aliphatic carbocycles. The molecule has 0 aromatic heterocycles. The summed E-state index contributed by atoms with van der Waals surface area (Å²) in [5.74, 6) is 0.314. The lowest BCUT2D eigenvalue weighted by atomic mass is 10.0. The van der Waals surface area contributed by atoms with E-state index in [0.29, 0.717) is 11.9 Å². The molecule has 1 saturated heterocycles. The average Bonchev–Trinajstić information content (AvgIpc) is 3.30. The van der Waals surface area contributed by atoms with Crippen LogP contribution >= 0.6 is 0 Å². The van der Waals surface area contributed by atoms with E-state index in [1.54, 1.807) is 0 Å². The van der Waals surface area contributed by atoms with E-state index in [-0.39, 0.29) is 6.04 Å². The van der Waals surface area contributed by atoms with Crippen LogP contribution in [0.4, 0.5) is 0 Å². The first-order valence-corrected chi connectivity index (χ1v) is 7.83. The summed E-state index contributed by atoms with van der Waals surface area (Å²) in [6.07, 6.45) is 5.71. The van der Waals surface area contributed by atoms with Gasteiger partial charge in [0.15, 0.2) is 0 Å². The second-order valence-electron chi connectivity index (χ2n) is 6.19. The lowest BCUT2D eigenvalue weighted by Gasteiger charge is -2.30. The molecule has 0 unspecified atom stereocenters. The van der Waals surface area contributed by atoms with Gasteiger partial charge in [-0.1, -0.05) is 36.2 Å². The Hall–Kier alpha value is -1.35. The van der Waals surface area contributed by atoms with Crippen LogP contribution in [0.3, 0.4) is 0 Å². The highest BCUT2D eigenvalue weighted by atomic mass is 16.2. The summed E-state index contributed by atoms with van der Waals surface area (Å²) in [7, 11) is 0. The van der Waals surface area contributed by atoms with Gasteiger partial charge in [-0.25, -0.2) is 0 Å². The molecule has 1 aliphatic heterocycles. The third-order valence-corrected chi connectivity index (χ3v) is 4.31. The molecule has 1 saturated carbocycles. The van der Waals surface area contributed by atoms with Crippen LogP contribution in [0.2, 0.25) is 0 Å². The quantitative estimate of drug-likeness (QED) is 0.914. The second kappa shape index (κ2) is 5.96. The number of hydrogen-bond donors (Lipinski definition) is 1. The first-order chi connectivity index (χ1) is 9.74. The van der Waals surface area contributed by atoms with Crippen molar-refractivity contribution in [3.05, 3.63) is 35.4 Å². The first-order valence-electron chi connectivity index (χ1n) is 7.83. The van der Waals surface area contributed by atoms with Crippen molar-refractivity contribution in [1.82, 2.24) is 10.2 Å². The molecule has 1 N–H and O–H groups in total. The lowest BCUT2D eigenvalue weighted by Crippen LogP contribution is -2.49. The Kier molecular flexibility index (Phi) is 4.06. The number of carbonyl (C=O) groups excluding carboxylic acids is 1. The normalized spacial score (nSPS) is 22.6. The number of nitrogens with one attached hydrogen (secondary N) is 1.